The Hall–Kier alpha value is 0.160. The summed E-state index contributed by atoms with van der Waals surface area (Å²) in [6.07, 6.45) is 3.78. The van der Waals surface area contributed by atoms with Crippen molar-refractivity contribution in [1.29, 1.82) is 0 Å². The van der Waals surface area contributed by atoms with Gasteiger partial charge in [0.2, 0.25) is 0 Å². The minimum Gasteiger partial charge on any atom is -0.398 e. The summed E-state index contributed by atoms with van der Waals surface area (Å²) in [7, 11) is 0. The molecule has 0 aromatic heterocycles. The molecule has 0 amide bonds. The fourth-order valence-corrected chi connectivity index (χ4v) is 1.26. The minimum atomic E-state index is 0.822. The molecule has 1 heterocycles. The Morgan fingerprint density at radius 2 is 2.50 bits per heavy atom. The van der Waals surface area contributed by atoms with Gasteiger partial charge in [-0.1, -0.05) is 0 Å². The summed E-state index contributed by atoms with van der Waals surface area (Å²) < 4.78 is 1.95. The highest BCUT2D eigenvalue weighted by atomic mass is 127. The van der Waals surface area contributed by atoms with Crippen LogP contribution in [0.3, 0.4) is 0 Å². The van der Waals surface area contributed by atoms with Crippen molar-refractivity contribution >= 4 is 34.8 Å². The van der Waals surface area contributed by atoms with E-state index in [-0.39, 0.29) is 0 Å². The maximum atomic E-state index is 5.42. The Morgan fingerprint density at radius 3 is 2.88 bits per heavy atom. The van der Waals surface area contributed by atoms with Crippen LogP contribution in [-0.2, 0) is 0 Å². The lowest BCUT2D eigenvalue weighted by molar-refractivity contribution is 1.11. The predicted molar refractivity (Wildman–Crippen MR) is 44.9 cm³/mol. The van der Waals surface area contributed by atoms with Crippen molar-refractivity contribution in [3.05, 3.63) is 23.4 Å². The van der Waals surface area contributed by atoms with E-state index >= 15 is 0 Å². The summed E-state index contributed by atoms with van der Waals surface area (Å²) in [5.74, 6) is 0. The zero-order valence-electron chi connectivity index (χ0n) is 4.04. The molecular formula is C4H5IN2S. The molecule has 1 aliphatic heterocycles. The number of rotatable bonds is 0. The van der Waals surface area contributed by atoms with E-state index < -0.39 is 0 Å². The number of nitrogens with zero attached hydrogens (tertiary/aromatic N) is 1. The Kier molecular flexibility index (Phi) is 2.07. The first-order chi connectivity index (χ1) is 3.79. The molecule has 0 atom stereocenters. The highest BCUT2D eigenvalue weighted by Gasteiger charge is 1.96. The number of allylic oxidation sites excluding steroid dienone is 1. The fraction of sp³-hybridized carbons (Fsp3) is 0. The van der Waals surface area contributed by atoms with E-state index in [0.717, 1.165) is 5.70 Å². The van der Waals surface area contributed by atoms with E-state index in [1.165, 1.54) is 0 Å². The second-order valence-electron chi connectivity index (χ2n) is 1.31. The van der Waals surface area contributed by atoms with Gasteiger partial charge in [0.15, 0.2) is 0 Å². The summed E-state index contributed by atoms with van der Waals surface area (Å²) >= 11 is 3.75. The average Bonchev–Trinajstić information content (AvgIpc) is 1.77. The molecule has 1 aliphatic rings. The van der Waals surface area contributed by atoms with E-state index in [9.17, 15) is 0 Å². The Morgan fingerprint density at radius 1 is 1.75 bits per heavy atom. The molecule has 0 fully saturated rings. The van der Waals surface area contributed by atoms with Crippen LogP contribution >= 0.6 is 34.8 Å². The standard InChI is InChI=1S/C4H5IN2S/c5-7-2-1-4(6)3-8-7/h1-3H,6H2. The van der Waals surface area contributed by atoms with Gasteiger partial charge in [-0.05, 0) is 18.0 Å². The molecule has 2 nitrogen and oxygen atoms in total. The van der Waals surface area contributed by atoms with Crippen molar-refractivity contribution < 1.29 is 0 Å². The van der Waals surface area contributed by atoms with Gasteiger partial charge in [-0.3, -0.25) is 2.52 Å². The number of hydrogen-bond donors (Lipinski definition) is 1. The van der Waals surface area contributed by atoms with Crippen LogP contribution in [-0.4, -0.2) is 2.52 Å². The number of nitrogens with two attached hydrogens (primary N) is 1. The van der Waals surface area contributed by atoms with E-state index in [1.807, 2.05) is 20.2 Å². The average molecular weight is 240 g/mol. The molecule has 44 valence electrons. The molecule has 0 spiro atoms. The Bertz CT molecular complexity index is 143. The topological polar surface area (TPSA) is 29.3 Å². The van der Waals surface area contributed by atoms with E-state index in [2.05, 4.69) is 22.9 Å². The van der Waals surface area contributed by atoms with Gasteiger partial charge in [0, 0.05) is 17.3 Å². The zero-order valence-corrected chi connectivity index (χ0v) is 7.02. The fourth-order valence-electron chi connectivity index (χ4n) is 0.330. The minimum absolute atomic E-state index is 0.822. The number of halogens is 1. The molecular weight excluding hydrogens is 235 g/mol. The highest BCUT2D eigenvalue weighted by Crippen LogP contribution is 2.22. The van der Waals surface area contributed by atoms with Crippen molar-refractivity contribution in [2.45, 2.75) is 0 Å². The number of hydrogen-bond acceptors (Lipinski definition) is 3. The first kappa shape index (κ1) is 6.28. The van der Waals surface area contributed by atoms with E-state index in [0.29, 0.717) is 0 Å². The van der Waals surface area contributed by atoms with Crippen LogP contribution < -0.4 is 5.73 Å². The van der Waals surface area contributed by atoms with Gasteiger partial charge in [0.1, 0.15) is 0 Å². The third-order valence-corrected chi connectivity index (χ3v) is 2.38. The van der Waals surface area contributed by atoms with E-state index in [1.54, 1.807) is 11.9 Å². The molecule has 0 unspecified atom stereocenters. The molecule has 0 radical (unpaired) electrons. The maximum Gasteiger partial charge on any atom is 0.0709 e. The summed E-state index contributed by atoms with van der Waals surface area (Å²) in [4.78, 5) is 0. The molecule has 0 aromatic rings. The lowest BCUT2D eigenvalue weighted by Gasteiger charge is -2.09. The second-order valence-corrected chi connectivity index (χ2v) is 3.85. The smallest absolute Gasteiger partial charge is 0.0709 e. The van der Waals surface area contributed by atoms with Gasteiger partial charge < -0.3 is 5.73 Å². The summed E-state index contributed by atoms with van der Waals surface area (Å²) in [5, 5.41) is 1.90. The summed E-state index contributed by atoms with van der Waals surface area (Å²) in [6, 6.07) is 0. The van der Waals surface area contributed by atoms with Crippen LogP contribution in [0.1, 0.15) is 0 Å². The molecule has 0 saturated heterocycles. The van der Waals surface area contributed by atoms with Gasteiger partial charge >= 0.3 is 0 Å². The monoisotopic (exact) mass is 240 g/mol. The van der Waals surface area contributed by atoms with Crippen molar-refractivity contribution in [1.82, 2.24) is 2.52 Å². The molecule has 0 bridgehead atoms. The molecule has 0 saturated carbocycles. The quantitative estimate of drug-likeness (QED) is 0.396. The lowest BCUT2D eigenvalue weighted by atomic mass is 10.5. The Labute approximate surface area is 66.4 Å². The van der Waals surface area contributed by atoms with Crippen LogP contribution in [0.2, 0.25) is 0 Å². The highest BCUT2D eigenvalue weighted by molar-refractivity contribution is 14.1. The van der Waals surface area contributed by atoms with Crippen LogP contribution in [0.25, 0.3) is 0 Å². The van der Waals surface area contributed by atoms with Crippen molar-refractivity contribution in [2.75, 3.05) is 0 Å². The second kappa shape index (κ2) is 2.63. The van der Waals surface area contributed by atoms with Crippen LogP contribution in [0.4, 0.5) is 0 Å². The third-order valence-electron chi connectivity index (χ3n) is 0.674. The molecule has 0 aliphatic carbocycles. The SMILES string of the molecule is NC1=CSN(I)C=C1. The first-order valence-electron chi connectivity index (χ1n) is 2.04. The molecule has 0 aromatic carbocycles. The van der Waals surface area contributed by atoms with Crippen molar-refractivity contribution in [2.24, 2.45) is 5.73 Å². The third kappa shape index (κ3) is 1.59. The normalized spacial score (nSPS) is 18.6. The maximum absolute atomic E-state index is 5.42. The molecule has 4 heteroatoms. The summed E-state index contributed by atoms with van der Waals surface area (Å²) in [6.45, 7) is 0. The van der Waals surface area contributed by atoms with Crippen LogP contribution in [0.5, 0.6) is 0 Å². The van der Waals surface area contributed by atoms with Gasteiger partial charge in [-0.2, -0.15) is 0 Å². The zero-order chi connectivity index (χ0) is 5.98. The summed E-state index contributed by atoms with van der Waals surface area (Å²) in [5.41, 5.74) is 6.24. The largest absolute Gasteiger partial charge is 0.398 e. The Balaban J connectivity index is 2.58. The van der Waals surface area contributed by atoms with Crippen LogP contribution in [0.15, 0.2) is 23.4 Å². The van der Waals surface area contributed by atoms with E-state index in [4.69, 9.17) is 5.73 Å². The van der Waals surface area contributed by atoms with Crippen molar-refractivity contribution in [3.63, 3.8) is 0 Å². The van der Waals surface area contributed by atoms with Gasteiger partial charge in [-0.25, -0.2) is 0 Å². The van der Waals surface area contributed by atoms with Crippen molar-refractivity contribution in [3.8, 4) is 0 Å². The van der Waals surface area contributed by atoms with Crippen LogP contribution in [0, 0.1) is 0 Å². The molecule has 8 heavy (non-hydrogen) atoms. The van der Waals surface area contributed by atoms with Gasteiger partial charge in [-0.15, -0.1) is 0 Å². The molecule has 2 N–H and O–H groups in total. The van der Waals surface area contributed by atoms with Gasteiger partial charge in [0.25, 0.3) is 0 Å². The first-order valence-corrected chi connectivity index (χ1v) is 3.85. The lowest BCUT2D eigenvalue weighted by Crippen LogP contribution is -1.99. The van der Waals surface area contributed by atoms with Gasteiger partial charge in [0.05, 0.1) is 22.9 Å². The molecule has 1 rings (SSSR count). The predicted octanol–water partition coefficient (Wildman–Crippen LogP) is 1.61.